The van der Waals surface area contributed by atoms with Crippen molar-refractivity contribution in [3.8, 4) is 0 Å². The number of hydrogen-bond donors (Lipinski definition) is 0. The fourth-order valence-electron chi connectivity index (χ4n) is 2.78. The molecule has 2 amide bonds. The third-order valence-corrected chi connectivity index (χ3v) is 3.83. The fourth-order valence-corrected chi connectivity index (χ4v) is 2.78. The monoisotopic (exact) mass is 334 g/mol. The maximum atomic E-state index is 12.3. The van der Waals surface area contributed by atoms with Crippen molar-refractivity contribution in [1.82, 2.24) is 19.8 Å². The molecule has 24 heavy (non-hydrogen) atoms. The minimum Gasteiger partial charge on any atom is -0.444 e. The van der Waals surface area contributed by atoms with Crippen LogP contribution in [0.25, 0.3) is 0 Å². The molecule has 0 N–H and O–H groups in total. The van der Waals surface area contributed by atoms with E-state index in [0.717, 1.165) is 12.8 Å². The number of likely N-dealkylation sites (tertiary alicyclic amines) is 1. The van der Waals surface area contributed by atoms with E-state index in [1.165, 1.54) is 18.6 Å². The molecule has 1 aromatic heterocycles. The number of aromatic nitrogens is 2. The van der Waals surface area contributed by atoms with Gasteiger partial charge >= 0.3 is 6.09 Å². The topological polar surface area (TPSA) is 75.6 Å². The first-order valence-electron chi connectivity index (χ1n) is 8.25. The molecule has 0 bridgehead atoms. The number of hydrogen-bond acceptors (Lipinski definition) is 5. The summed E-state index contributed by atoms with van der Waals surface area (Å²) in [6.07, 6.45) is 6.12. The van der Waals surface area contributed by atoms with Crippen LogP contribution in [0.3, 0.4) is 0 Å². The lowest BCUT2D eigenvalue weighted by Crippen LogP contribution is -2.46. The zero-order chi connectivity index (χ0) is 17.7. The van der Waals surface area contributed by atoms with Gasteiger partial charge in [0, 0.05) is 39.1 Å². The molecule has 1 aliphatic rings. The average molecular weight is 334 g/mol. The number of rotatable bonds is 3. The Labute approximate surface area is 143 Å². The molecule has 1 atom stereocenters. The Morgan fingerprint density at radius 3 is 2.75 bits per heavy atom. The van der Waals surface area contributed by atoms with Crippen molar-refractivity contribution >= 4 is 12.0 Å². The molecule has 2 rings (SSSR count). The molecular formula is C17H26N4O3. The van der Waals surface area contributed by atoms with Gasteiger partial charge in [0.05, 0.1) is 6.20 Å². The Morgan fingerprint density at radius 2 is 2.12 bits per heavy atom. The largest absolute Gasteiger partial charge is 0.444 e. The van der Waals surface area contributed by atoms with Gasteiger partial charge < -0.3 is 14.5 Å². The van der Waals surface area contributed by atoms with Crippen molar-refractivity contribution in [2.45, 2.75) is 39.2 Å². The van der Waals surface area contributed by atoms with Crippen LogP contribution in [0, 0.1) is 5.92 Å². The second-order valence-corrected chi connectivity index (χ2v) is 7.21. The van der Waals surface area contributed by atoms with Crippen LogP contribution in [-0.4, -0.2) is 64.1 Å². The van der Waals surface area contributed by atoms with Gasteiger partial charge in [0.25, 0.3) is 5.91 Å². The highest BCUT2D eigenvalue weighted by atomic mass is 16.6. The molecule has 1 saturated heterocycles. The van der Waals surface area contributed by atoms with Crippen molar-refractivity contribution < 1.29 is 14.3 Å². The first-order valence-corrected chi connectivity index (χ1v) is 8.25. The van der Waals surface area contributed by atoms with E-state index in [2.05, 4.69) is 9.97 Å². The molecule has 7 heteroatoms. The van der Waals surface area contributed by atoms with Crippen molar-refractivity contribution in [1.29, 1.82) is 0 Å². The van der Waals surface area contributed by atoms with Crippen LogP contribution in [0.2, 0.25) is 0 Å². The number of nitrogens with zero attached hydrogens (tertiary/aromatic N) is 4. The highest BCUT2D eigenvalue weighted by Gasteiger charge is 2.29. The number of carbonyl (C=O) groups excluding carboxylic acids is 2. The first kappa shape index (κ1) is 18.2. The molecule has 1 aliphatic heterocycles. The van der Waals surface area contributed by atoms with Crippen LogP contribution < -0.4 is 0 Å². The molecular weight excluding hydrogens is 308 g/mol. The highest BCUT2D eigenvalue weighted by molar-refractivity contribution is 5.91. The van der Waals surface area contributed by atoms with E-state index in [1.807, 2.05) is 20.8 Å². The predicted molar refractivity (Wildman–Crippen MR) is 89.5 cm³/mol. The lowest BCUT2D eigenvalue weighted by molar-refractivity contribution is 0.0151. The molecule has 1 aromatic rings. The molecule has 0 saturated carbocycles. The van der Waals surface area contributed by atoms with E-state index in [1.54, 1.807) is 16.8 Å². The van der Waals surface area contributed by atoms with E-state index >= 15 is 0 Å². The van der Waals surface area contributed by atoms with Crippen molar-refractivity contribution in [3.63, 3.8) is 0 Å². The van der Waals surface area contributed by atoms with Gasteiger partial charge in [-0.3, -0.25) is 9.78 Å². The molecule has 0 aromatic carbocycles. The van der Waals surface area contributed by atoms with Crippen molar-refractivity contribution in [2.24, 2.45) is 5.92 Å². The quantitative estimate of drug-likeness (QED) is 0.847. The lowest BCUT2D eigenvalue weighted by atomic mass is 9.97. The summed E-state index contributed by atoms with van der Waals surface area (Å²) in [6.45, 7) is 7.47. The molecule has 7 nitrogen and oxygen atoms in total. The van der Waals surface area contributed by atoms with E-state index in [0.29, 0.717) is 25.3 Å². The smallest absolute Gasteiger partial charge is 0.410 e. The van der Waals surface area contributed by atoms with Gasteiger partial charge in [-0.2, -0.15) is 0 Å². The molecule has 132 valence electrons. The summed E-state index contributed by atoms with van der Waals surface area (Å²) in [5.74, 6) is 0.0781. The lowest BCUT2D eigenvalue weighted by Gasteiger charge is -2.35. The van der Waals surface area contributed by atoms with Crippen LogP contribution in [0.1, 0.15) is 44.1 Å². The Hall–Kier alpha value is -2.18. The summed E-state index contributed by atoms with van der Waals surface area (Å²) in [5.41, 5.74) is -0.164. The van der Waals surface area contributed by atoms with Gasteiger partial charge in [-0.1, -0.05) is 0 Å². The summed E-state index contributed by atoms with van der Waals surface area (Å²) in [5, 5.41) is 0. The summed E-state index contributed by atoms with van der Waals surface area (Å²) in [4.78, 5) is 35.9. The Balaban J connectivity index is 1.90. The Bertz CT molecular complexity index is 571. The summed E-state index contributed by atoms with van der Waals surface area (Å²) in [7, 11) is 1.75. The summed E-state index contributed by atoms with van der Waals surface area (Å²) < 4.78 is 5.44. The van der Waals surface area contributed by atoms with Crippen LogP contribution in [0.5, 0.6) is 0 Å². The van der Waals surface area contributed by atoms with Crippen LogP contribution in [-0.2, 0) is 4.74 Å². The number of carbonyl (C=O) groups is 2. The number of amides is 2. The Kier molecular flexibility index (Phi) is 5.75. The van der Waals surface area contributed by atoms with E-state index in [4.69, 9.17) is 4.74 Å². The zero-order valence-corrected chi connectivity index (χ0v) is 14.9. The minimum absolute atomic E-state index is 0.155. The van der Waals surface area contributed by atoms with Gasteiger partial charge in [-0.25, -0.2) is 9.78 Å². The van der Waals surface area contributed by atoms with Crippen LogP contribution >= 0.6 is 0 Å². The van der Waals surface area contributed by atoms with E-state index in [-0.39, 0.29) is 17.9 Å². The third-order valence-electron chi connectivity index (χ3n) is 3.83. The maximum Gasteiger partial charge on any atom is 0.410 e. The standard InChI is InChI=1S/C17H26N4O3/c1-17(2,3)24-16(23)21-9-5-6-13(12-21)11-20(4)15(22)14-10-18-7-8-19-14/h7-8,10,13H,5-6,9,11-12H2,1-4H3. The van der Waals surface area contributed by atoms with Gasteiger partial charge in [0.2, 0.25) is 0 Å². The maximum absolute atomic E-state index is 12.3. The highest BCUT2D eigenvalue weighted by Crippen LogP contribution is 2.20. The Morgan fingerprint density at radius 1 is 1.38 bits per heavy atom. The summed E-state index contributed by atoms with van der Waals surface area (Å²) in [6, 6.07) is 0. The third kappa shape index (κ3) is 5.18. The molecule has 1 fully saturated rings. The predicted octanol–water partition coefficient (Wildman–Crippen LogP) is 2.20. The summed E-state index contributed by atoms with van der Waals surface area (Å²) >= 11 is 0. The van der Waals surface area contributed by atoms with Crippen molar-refractivity contribution in [3.05, 3.63) is 24.3 Å². The van der Waals surface area contributed by atoms with Crippen LogP contribution in [0.4, 0.5) is 4.79 Å². The molecule has 0 spiro atoms. The zero-order valence-electron chi connectivity index (χ0n) is 14.9. The second kappa shape index (κ2) is 7.59. The number of piperidine rings is 1. The van der Waals surface area contributed by atoms with E-state index < -0.39 is 5.60 Å². The number of ether oxygens (including phenoxy) is 1. The molecule has 0 aliphatic carbocycles. The van der Waals surface area contributed by atoms with E-state index in [9.17, 15) is 9.59 Å². The second-order valence-electron chi connectivity index (χ2n) is 7.21. The normalized spacial score (nSPS) is 18.2. The molecule has 1 unspecified atom stereocenters. The average Bonchev–Trinajstić information content (AvgIpc) is 2.53. The molecule has 0 radical (unpaired) electrons. The van der Waals surface area contributed by atoms with Gasteiger partial charge in [-0.05, 0) is 39.5 Å². The van der Waals surface area contributed by atoms with Crippen molar-refractivity contribution in [2.75, 3.05) is 26.7 Å². The minimum atomic E-state index is -0.497. The van der Waals surface area contributed by atoms with Gasteiger partial charge in [0.15, 0.2) is 0 Å². The SMILES string of the molecule is CN(CC1CCCN(C(=O)OC(C)(C)C)C1)C(=O)c1cnccn1. The van der Waals surface area contributed by atoms with Gasteiger partial charge in [0.1, 0.15) is 11.3 Å². The first-order chi connectivity index (χ1) is 11.3. The molecule has 2 heterocycles. The van der Waals surface area contributed by atoms with Gasteiger partial charge in [-0.15, -0.1) is 0 Å². The fraction of sp³-hybridized carbons (Fsp3) is 0.647. The van der Waals surface area contributed by atoms with Crippen LogP contribution in [0.15, 0.2) is 18.6 Å².